The van der Waals surface area contributed by atoms with Crippen LogP contribution in [0.4, 0.5) is 0 Å². The molecule has 3 nitrogen and oxygen atoms in total. The van der Waals surface area contributed by atoms with Crippen LogP contribution >= 0.6 is 0 Å². The molecule has 4 N–H and O–H groups in total. The lowest BCUT2D eigenvalue weighted by molar-refractivity contribution is 0.212. The lowest BCUT2D eigenvalue weighted by Gasteiger charge is -2.27. The minimum atomic E-state index is 0.799. The molecule has 0 aromatic heterocycles. The molecule has 0 fully saturated rings. The van der Waals surface area contributed by atoms with Crippen LogP contribution in [0, 0.1) is 5.92 Å². The highest BCUT2D eigenvalue weighted by atomic mass is 15.1. The van der Waals surface area contributed by atoms with E-state index in [0.717, 1.165) is 44.9 Å². The minimum absolute atomic E-state index is 0.799. The third-order valence-corrected chi connectivity index (χ3v) is 3.79. The van der Waals surface area contributed by atoms with Crippen LogP contribution in [0.15, 0.2) is 0 Å². The maximum Gasteiger partial charge on any atom is 0.000967 e. The van der Waals surface area contributed by atoms with Crippen molar-refractivity contribution in [1.82, 2.24) is 4.90 Å². The lowest BCUT2D eigenvalue weighted by atomic mass is 9.95. The summed E-state index contributed by atoms with van der Waals surface area (Å²) in [6.07, 6.45) is 10.4. The van der Waals surface area contributed by atoms with E-state index in [1.807, 2.05) is 0 Å². The molecular weight excluding hydrogens is 234 g/mol. The Bertz CT molecular complexity index is 165. The number of unbranched alkanes of at least 4 members (excludes halogenated alkanes) is 2. The second kappa shape index (κ2) is 14.3. The Kier molecular flexibility index (Phi) is 14.2. The molecule has 0 rings (SSSR count). The Morgan fingerprint density at radius 2 is 1.42 bits per heavy atom. The van der Waals surface area contributed by atoms with Crippen molar-refractivity contribution in [2.24, 2.45) is 17.4 Å². The number of hydrogen-bond acceptors (Lipinski definition) is 3. The SMILES string of the molecule is CCCCCC(CCC)CN(CCCN)CCCN. The van der Waals surface area contributed by atoms with Crippen LogP contribution in [0.1, 0.15) is 65.2 Å². The lowest BCUT2D eigenvalue weighted by Crippen LogP contribution is -2.33. The Morgan fingerprint density at radius 1 is 0.789 bits per heavy atom. The average molecular weight is 271 g/mol. The van der Waals surface area contributed by atoms with Gasteiger partial charge in [0.25, 0.3) is 0 Å². The van der Waals surface area contributed by atoms with Crippen LogP contribution in [0.25, 0.3) is 0 Å². The van der Waals surface area contributed by atoms with Crippen LogP contribution in [-0.4, -0.2) is 37.6 Å². The topological polar surface area (TPSA) is 55.3 Å². The van der Waals surface area contributed by atoms with E-state index in [9.17, 15) is 0 Å². The largest absolute Gasteiger partial charge is 0.330 e. The molecule has 0 saturated carbocycles. The molecule has 19 heavy (non-hydrogen) atoms. The Balaban J connectivity index is 4.10. The van der Waals surface area contributed by atoms with Crippen molar-refractivity contribution in [3.63, 3.8) is 0 Å². The van der Waals surface area contributed by atoms with Crippen LogP contribution in [0.2, 0.25) is 0 Å². The molecule has 0 aliphatic rings. The maximum absolute atomic E-state index is 5.64. The molecule has 0 saturated heterocycles. The van der Waals surface area contributed by atoms with Crippen LogP contribution in [-0.2, 0) is 0 Å². The van der Waals surface area contributed by atoms with Crippen LogP contribution in [0.5, 0.6) is 0 Å². The maximum atomic E-state index is 5.64. The highest BCUT2D eigenvalue weighted by Crippen LogP contribution is 2.17. The fourth-order valence-electron chi connectivity index (χ4n) is 2.71. The molecule has 0 radical (unpaired) electrons. The average Bonchev–Trinajstić information content (AvgIpc) is 2.42. The molecule has 0 aliphatic carbocycles. The predicted octanol–water partition coefficient (Wildman–Crippen LogP) is 2.98. The van der Waals surface area contributed by atoms with E-state index in [-0.39, 0.29) is 0 Å². The molecular formula is C16H37N3. The van der Waals surface area contributed by atoms with E-state index >= 15 is 0 Å². The summed E-state index contributed by atoms with van der Waals surface area (Å²) in [6.45, 7) is 9.72. The van der Waals surface area contributed by atoms with Crippen molar-refractivity contribution in [2.45, 2.75) is 65.2 Å². The smallest absolute Gasteiger partial charge is 0.000967 e. The molecule has 116 valence electrons. The molecule has 1 atom stereocenters. The quantitative estimate of drug-likeness (QED) is 0.478. The normalized spacial score (nSPS) is 13.1. The van der Waals surface area contributed by atoms with E-state index in [1.165, 1.54) is 45.1 Å². The highest BCUT2D eigenvalue weighted by Gasteiger charge is 2.13. The van der Waals surface area contributed by atoms with Gasteiger partial charge in [-0.15, -0.1) is 0 Å². The van der Waals surface area contributed by atoms with Crippen molar-refractivity contribution in [3.8, 4) is 0 Å². The standard InChI is InChI=1S/C16H37N3/c1-3-5-6-10-16(9-4-2)15-19(13-7-11-17)14-8-12-18/h16H,3-15,17-18H2,1-2H3. The summed E-state index contributed by atoms with van der Waals surface area (Å²) >= 11 is 0. The van der Waals surface area contributed by atoms with Crippen molar-refractivity contribution >= 4 is 0 Å². The third kappa shape index (κ3) is 11.4. The molecule has 0 aliphatic heterocycles. The predicted molar refractivity (Wildman–Crippen MR) is 86.3 cm³/mol. The van der Waals surface area contributed by atoms with Crippen LogP contribution in [0.3, 0.4) is 0 Å². The van der Waals surface area contributed by atoms with Gasteiger partial charge in [-0.3, -0.25) is 0 Å². The first kappa shape index (κ1) is 18.9. The molecule has 0 aromatic carbocycles. The van der Waals surface area contributed by atoms with Crippen molar-refractivity contribution in [2.75, 3.05) is 32.7 Å². The molecule has 0 heterocycles. The minimum Gasteiger partial charge on any atom is -0.330 e. The fourth-order valence-corrected chi connectivity index (χ4v) is 2.71. The summed E-state index contributed by atoms with van der Waals surface area (Å²) in [7, 11) is 0. The van der Waals surface area contributed by atoms with Gasteiger partial charge in [0.2, 0.25) is 0 Å². The summed E-state index contributed by atoms with van der Waals surface area (Å²) < 4.78 is 0. The van der Waals surface area contributed by atoms with Gasteiger partial charge in [-0.2, -0.15) is 0 Å². The zero-order valence-corrected chi connectivity index (χ0v) is 13.4. The molecule has 0 bridgehead atoms. The monoisotopic (exact) mass is 271 g/mol. The van der Waals surface area contributed by atoms with Gasteiger partial charge in [-0.25, -0.2) is 0 Å². The fraction of sp³-hybridized carbons (Fsp3) is 1.00. The summed E-state index contributed by atoms with van der Waals surface area (Å²) in [5.41, 5.74) is 11.3. The van der Waals surface area contributed by atoms with Gasteiger partial charge in [0.05, 0.1) is 0 Å². The van der Waals surface area contributed by atoms with Crippen molar-refractivity contribution in [3.05, 3.63) is 0 Å². The second-order valence-electron chi connectivity index (χ2n) is 5.74. The molecule has 0 spiro atoms. The Morgan fingerprint density at radius 3 is 1.89 bits per heavy atom. The highest BCUT2D eigenvalue weighted by molar-refractivity contribution is 4.67. The number of nitrogens with zero attached hydrogens (tertiary/aromatic N) is 1. The zero-order valence-electron chi connectivity index (χ0n) is 13.4. The van der Waals surface area contributed by atoms with Gasteiger partial charge in [0.1, 0.15) is 0 Å². The summed E-state index contributed by atoms with van der Waals surface area (Å²) in [4.78, 5) is 2.59. The van der Waals surface area contributed by atoms with Crippen LogP contribution < -0.4 is 11.5 Å². The van der Waals surface area contributed by atoms with E-state index in [1.54, 1.807) is 0 Å². The third-order valence-electron chi connectivity index (χ3n) is 3.79. The summed E-state index contributed by atoms with van der Waals surface area (Å²) in [6, 6.07) is 0. The van der Waals surface area contributed by atoms with Gasteiger partial charge < -0.3 is 16.4 Å². The first-order valence-electron chi connectivity index (χ1n) is 8.40. The van der Waals surface area contributed by atoms with Gasteiger partial charge in [-0.05, 0) is 57.8 Å². The Hall–Kier alpha value is -0.120. The van der Waals surface area contributed by atoms with Crippen molar-refractivity contribution in [1.29, 1.82) is 0 Å². The molecule has 1 unspecified atom stereocenters. The first-order valence-corrected chi connectivity index (χ1v) is 8.40. The summed E-state index contributed by atoms with van der Waals surface area (Å²) in [5, 5.41) is 0. The molecule has 0 aromatic rings. The second-order valence-corrected chi connectivity index (χ2v) is 5.74. The Labute approximate surface area is 121 Å². The summed E-state index contributed by atoms with van der Waals surface area (Å²) in [5.74, 6) is 0.868. The number of nitrogens with two attached hydrogens (primary N) is 2. The van der Waals surface area contributed by atoms with Gasteiger partial charge in [-0.1, -0.05) is 39.5 Å². The van der Waals surface area contributed by atoms with E-state index < -0.39 is 0 Å². The van der Waals surface area contributed by atoms with E-state index in [2.05, 4.69) is 18.7 Å². The molecule has 3 heteroatoms. The first-order chi connectivity index (χ1) is 9.28. The number of hydrogen-bond donors (Lipinski definition) is 2. The van der Waals surface area contributed by atoms with E-state index in [4.69, 9.17) is 11.5 Å². The van der Waals surface area contributed by atoms with Gasteiger partial charge >= 0.3 is 0 Å². The van der Waals surface area contributed by atoms with Crippen molar-refractivity contribution < 1.29 is 0 Å². The van der Waals surface area contributed by atoms with E-state index in [0.29, 0.717) is 0 Å². The zero-order chi connectivity index (χ0) is 14.3. The number of rotatable bonds is 14. The van der Waals surface area contributed by atoms with Gasteiger partial charge in [0, 0.05) is 6.54 Å². The van der Waals surface area contributed by atoms with Gasteiger partial charge in [0.15, 0.2) is 0 Å². The molecule has 0 amide bonds.